The minimum atomic E-state index is 0.395. The molecular weight excluding hydrogens is 303 g/mol. The van der Waals surface area contributed by atoms with Gasteiger partial charge >= 0.3 is 0 Å². The van der Waals surface area contributed by atoms with Gasteiger partial charge in [0.15, 0.2) is 10.8 Å². The average Bonchev–Trinajstić information content (AvgIpc) is 2.81. The lowest BCUT2D eigenvalue weighted by atomic mass is 10.3. The second-order valence-corrected chi connectivity index (χ2v) is 5.54. The lowest BCUT2D eigenvalue weighted by Crippen LogP contribution is -1.89. The lowest BCUT2D eigenvalue weighted by molar-refractivity contribution is 0.921. The number of halogens is 2. The van der Waals surface area contributed by atoms with Gasteiger partial charge in [-0.05, 0) is 23.8 Å². The SMILES string of the molecule is Clc1cc(Cl)c(CSc2nnc3ccccn23)cn1. The third-order valence-electron chi connectivity index (χ3n) is 2.54. The summed E-state index contributed by atoms with van der Waals surface area (Å²) in [5.74, 6) is 0.665. The molecule has 0 spiro atoms. The first-order chi connectivity index (χ1) is 9.24. The number of hydrogen-bond acceptors (Lipinski definition) is 4. The molecule has 19 heavy (non-hydrogen) atoms. The summed E-state index contributed by atoms with van der Waals surface area (Å²) >= 11 is 13.4. The highest BCUT2D eigenvalue weighted by atomic mass is 35.5. The van der Waals surface area contributed by atoms with Gasteiger partial charge in [-0.1, -0.05) is 41.0 Å². The summed E-state index contributed by atoms with van der Waals surface area (Å²) in [7, 11) is 0. The van der Waals surface area contributed by atoms with Crippen molar-refractivity contribution in [2.45, 2.75) is 10.9 Å². The molecule has 0 radical (unpaired) electrons. The standard InChI is InChI=1S/C12H8Cl2N4S/c13-9-5-10(14)15-6-8(9)7-19-12-17-16-11-3-1-2-4-18(11)12/h1-6H,7H2. The minimum absolute atomic E-state index is 0.395. The Labute approximate surface area is 123 Å². The minimum Gasteiger partial charge on any atom is -0.277 e. The van der Waals surface area contributed by atoms with E-state index in [1.807, 2.05) is 28.8 Å². The number of rotatable bonds is 3. The zero-order valence-electron chi connectivity index (χ0n) is 9.62. The molecule has 0 aliphatic rings. The Balaban J connectivity index is 1.82. The maximum absolute atomic E-state index is 6.11. The van der Waals surface area contributed by atoms with Crippen LogP contribution in [0.15, 0.2) is 41.8 Å². The molecule has 0 aliphatic heterocycles. The Morgan fingerprint density at radius 2 is 2.11 bits per heavy atom. The van der Waals surface area contributed by atoms with E-state index in [1.165, 1.54) is 0 Å². The van der Waals surface area contributed by atoms with E-state index in [-0.39, 0.29) is 0 Å². The van der Waals surface area contributed by atoms with Gasteiger partial charge in [0.25, 0.3) is 0 Å². The van der Waals surface area contributed by atoms with E-state index in [0.717, 1.165) is 16.4 Å². The molecule has 96 valence electrons. The van der Waals surface area contributed by atoms with Gasteiger partial charge < -0.3 is 0 Å². The molecule has 7 heteroatoms. The number of hydrogen-bond donors (Lipinski definition) is 0. The fourth-order valence-electron chi connectivity index (χ4n) is 1.60. The lowest BCUT2D eigenvalue weighted by Gasteiger charge is -2.03. The van der Waals surface area contributed by atoms with Crippen LogP contribution < -0.4 is 0 Å². The highest BCUT2D eigenvalue weighted by Crippen LogP contribution is 2.26. The smallest absolute Gasteiger partial charge is 0.195 e. The molecule has 0 unspecified atom stereocenters. The van der Waals surface area contributed by atoms with E-state index >= 15 is 0 Å². The van der Waals surface area contributed by atoms with Crippen molar-refractivity contribution in [3.63, 3.8) is 0 Å². The number of fused-ring (bicyclic) bond motifs is 1. The number of nitrogens with zero attached hydrogens (tertiary/aromatic N) is 4. The summed E-state index contributed by atoms with van der Waals surface area (Å²) in [4.78, 5) is 4.03. The molecule has 3 rings (SSSR count). The molecular formula is C12H8Cl2N4S. The van der Waals surface area contributed by atoms with Gasteiger partial charge in [-0.25, -0.2) is 4.98 Å². The Kier molecular flexibility index (Phi) is 3.59. The second kappa shape index (κ2) is 5.36. The summed E-state index contributed by atoms with van der Waals surface area (Å²) in [6.07, 6.45) is 3.61. The molecule has 0 bridgehead atoms. The summed E-state index contributed by atoms with van der Waals surface area (Å²) in [6, 6.07) is 7.42. The highest BCUT2D eigenvalue weighted by molar-refractivity contribution is 7.98. The first kappa shape index (κ1) is 12.7. The molecule has 0 saturated heterocycles. The summed E-state index contributed by atoms with van der Waals surface area (Å²) in [5.41, 5.74) is 1.74. The predicted molar refractivity (Wildman–Crippen MR) is 76.8 cm³/mol. The summed E-state index contributed by atoms with van der Waals surface area (Å²) < 4.78 is 1.93. The molecule has 0 fully saturated rings. The first-order valence-electron chi connectivity index (χ1n) is 5.46. The Bertz CT molecular complexity index is 729. The van der Waals surface area contributed by atoms with Crippen molar-refractivity contribution in [1.82, 2.24) is 19.6 Å². The predicted octanol–water partition coefficient (Wildman–Crippen LogP) is 3.72. The molecule has 0 aliphatic carbocycles. The van der Waals surface area contributed by atoms with Crippen LogP contribution >= 0.6 is 35.0 Å². The molecule has 0 N–H and O–H groups in total. The van der Waals surface area contributed by atoms with Crippen LogP contribution in [0, 0.1) is 0 Å². The third-order valence-corrected chi connectivity index (χ3v) is 4.09. The Morgan fingerprint density at radius 3 is 2.95 bits per heavy atom. The number of pyridine rings is 2. The van der Waals surface area contributed by atoms with Crippen molar-refractivity contribution in [1.29, 1.82) is 0 Å². The van der Waals surface area contributed by atoms with E-state index < -0.39 is 0 Å². The fourth-order valence-corrected chi connectivity index (χ4v) is 3.02. The summed E-state index contributed by atoms with van der Waals surface area (Å²) in [5, 5.41) is 10.1. The van der Waals surface area contributed by atoms with Crippen LogP contribution in [0.1, 0.15) is 5.56 Å². The maximum atomic E-state index is 6.11. The third kappa shape index (κ3) is 2.68. The van der Waals surface area contributed by atoms with E-state index in [4.69, 9.17) is 23.2 Å². The monoisotopic (exact) mass is 310 g/mol. The van der Waals surface area contributed by atoms with Gasteiger partial charge in [0.1, 0.15) is 5.15 Å². The molecule has 4 nitrogen and oxygen atoms in total. The van der Waals surface area contributed by atoms with Gasteiger partial charge in [0.05, 0.1) is 0 Å². The van der Waals surface area contributed by atoms with Gasteiger partial charge in [-0.3, -0.25) is 4.40 Å². The largest absolute Gasteiger partial charge is 0.277 e. The van der Waals surface area contributed by atoms with Crippen LogP contribution in [0.25, 0.3) is 5.65 Å². The zero-order chi connectivity index (χ0) is 13.2. The molecule has 0 atom stereocenters. The van der Waals surface area contributed by atoms with Crippen molar-refractivity contribution in [3.8, 4) is 0 Å². The first-order valence-corrected chi connectivity index (χ1v) is 7.20. The molecule has 0 saturated carbocycles. The molecule has 0 amide bonds. The average molecular weight is 311 g/mol. The number of thioether (sulfide) groups is 1. The molecule has 3 aromatic heterocycles. The Hall–Kier alpha value is -1.30. The van der Waals surface area contributed by atoms with Gasteiger partial charge in [0.2, 0.25) is 0 Å². The summed E-state index contributed by atoms with van der Waals surface area (Å²) in [6.45, 7) is 0. The van der Waals surface area contributed by atoms with Gasteiger partial charge in [0, 0.05) is 23.2 Å². The highest BCUT2D eigenvalue weighted by Gasteiger charge is 2.08. The number of aromatic nitrogens is 4. The maximum Gasteiger partial charge on any atom is 0.195 e. The van der Waals surface area contributed by atoms with Crippen molar-refractivity contribution >= 4 is 40.6 Å². The van der Waals surface area contributed by atoms with Crippen LogP contribution in [0.2, 0.25) is 10.2 Å². The van der Waals surface area contributed by atoms with Crippen molar-refractivity contribution in [3.05, 3.63) is 52.4 Å². The van der Waals surface area contributed by atoms with Crippen molar-refractivity contribution in [2.75, 3.05) is 0 Å². The van der Waals surface area contributed by atoms with E-state index in [9.17, 15) is 0 Å². The van der Waals surface area contributed by atoms with Crippen LogP contribution in [0.4, 0.5) is 0 Å². The van der Waals surface area contributed by atoms with Crippen LogP contribution in [0.3, 0.4) is 0 Å². The fraction of sp³-hybridized carbons (Fsp3) is 0.0833. The van der Waals surface area contributed by atoms with Gasteiger partial charge in [-0.2, -0.15) is 0 Å². The van der Waals surface area contributed by atoms with Gasteiger partial charge in [-0.15, -0.1) is 10.2 Å². The van der Waals surface area contributed by atoms with Crippen LogP contribution in [-0.2, 0) is 5.75 Å². The van der Waals surface area contributed by atoms with Crippen LogP contribution in [-0.4, -0.2) is 19.6 Å². The molecule has 3 aromatic rings. The topological polar surface area (TPSA) is 43.1 Å². The van der Waals surface area contributed by atoms with Crippen LogP contribution in [0.5, 0.6) is 0 Å². The second-order valence-electron chi connectivity index (χ2n) is 3.80. The normalized spacial score (nSPS) is 11.1. The van der Waals surface area contributed by atoms with Crippen molar-refractivity contribution in [2.24, 2.45) is 0 Å². The van der Waals surface area contributed by atoms with E-state index in [1.54, 1.807) is 24.0 Å². The Morgan fingerprint density at radius 1 is 1.21 bits per heavy atom. The molecule has 0 aromatic carbocycles. The van der Waals surface area contributed by atoms with Crippen molar-refractivity contribution < 1.29 is 0 Å². The quantitative estimate of drug-likeness (QED) is 0.546. The van der Waals surface area contributed by atoms with E-state index in [0.29, 0.717) is 15.9 Å². The molecule has 3 heterocycles. The van der Waals surface area contributed by atoms with E-state index in [2.05, 4.69) is 15.2 Å². The zero-order valence-corrected chi connectivity index (χ0v) is 12.0.